The summed E-state index contributed by atoms with van der Waals surface area (Å²) in [5, 5.41) is 7.07. The Balaban J connectivity index is 1.26. The van der Waals surface area contributed by atoms with Crippen molar-refractivity contribution in [1.82, 2.24) is 20.0 Å². The van der Waals surface area contributed by atoms with Crippen molar-refractivity contribution in [3.05, 3.63) is 28.2 Å². The van der Waals surface area contributed by atoms with Crippen molar-refractivity contribution < 1.29 is 14.3 Å². The summed E-state index contributed by atoms with van der Waals surface area (Å²) in [5.74, 6) is 0.663. The van der Waals surface area contributed by atoms with Crippen molar-refractivity contribution in [1.29, 1.82) is 0 Å². The van der Waals surface area contributed by atoms with Gasteiger partial charge in [-0.05, 0) is 37.5 Å². The standard InChI is InChI=1S/C22H31Cl2N5O3/c1-15(16-4-11-32-14-16)29-6-5-25-20(13-29)21(30)27-7-9-28(10-8-27)22(31)26-17-2-3-18(23)19(24)12-17/h2-3,12,15-16,20,25H,4-11,13-14H2,1H3,(H,26,31)/t15?,16?,20-/m1/s1. The average Bonchev–Trinajstić information content (AvgIpc) is 3.36. The largest absolute Gasteiger partial charge is 0.381 e. The first-order valence-electron chi connectivity index (χ1n) is 11.3. The molecule has 3 amide bonds. The van der Waals surface area contributed by atoms with Crippen molar-refractivity contribution >= 4 is 40.8 Å². The third kappa shape index (κ3) is 5.48. The maximum atomic E-state index is 13.1. The number of carbonyl (C=O) groups is 2. The van der Waals surface area contributed by atoms with Crippen LogP contribution in [-0.4, -0.2) is 97.7 Å². The monoisotopic (exact) mass is 483 g/mol. The topological polar surface area (TPSA) is 77.2 Å². The zero-order valence-electron chi connectivity index (χ0n) is 18.4. The van der Waals surface area contributed by atoms with Crippen LogP contribution in [0, 0.1) is 5.92 Å². The third-order valence-corrected chi connectivity index (χ3v) is 7.52. The van der Waals surface area contributed by atoms with Gasteiger partial charge in [0.15, 0.2) is 0 Å². The number of nitrogens with one attached hydrogen (secondary N) is 2. The van der Waals surface area contributed by atoms with Crippen molar-refractivity contribution in [3.63, 3.8) is 0 Å². The molecule has 4 rings (SSSR count). The molecule has 2 N–H and O–H groups in total. The van der Waals surface area contributed by atoms with E-state index >= 15 is 0 Å². The molecule has 10 heteroatoms. The van der Waals surface area contributed by atoms with Gasteiger partial charge in [0.2, 0.25) is 5.91 Å². The van der Waals surface area contributed by atoms with Gasteiger partial charge >= 0.3 is 6.03 Å². The highest BCUT2D eigenvalue weighted by Gasteiger charge is 2.35. The minimum absolute atomic E-state index is 0.120. The molecule has 1 aromatic carbocycles. The number of hydrogen-bond donors (Lipinski definition) is 2. The second-order valence-corrected chi connectivity index (χ2v) is 9.55. The van der Waals surface area contributed by atoms with E-state index in [2.05, 4.69) is 22.5 Å². The summed E-state index contributed by atoms with van der Waals surface area (Å²) in [7, 11) is 0. The van der Waals surface area contributed by atoms with E-state index in [1.54, 1.807) is 23.1 Å². The molecule has 3 fully saturated rings. The summed E-state index contributed by atoms with van der Waals surface area (Å²) >= 11 is 11.9. The molecule has 3 heterocycles. The van der Waals surface area contributed by atoms with Crippen LogP contribution in [-0.2, 0) is 9.53 Å². The van der Waals surface area contributed by atoms with Gasteiger partial charge in [0.25, 0.3) is 0 Å². The summed E-state index contributed by atoms with van der Waals surface area (Å²) in [5.41, 5.74) is 0.594. The Morgan fingerprint density at radius 2 is 1.88 bits per heavy atom. The number of carbonyl (C=O) groups excluding carboxylic acids is 2. The van der Waals surface area contributed by atoms with Gasteiger partial charge in [-0.1, -0.05) is 23.2 Å². The van der Waals surface area contributed by atoms with Crippen LogP contribution in [0.3, 0.4) is 0 Å². The molecule has 3 saturated heterocycles. The molecular formula is C22H31Cl2N5O3. The van der Waals surface area contributed by atoms with Gasteiger partial charge in [-0.15, -0.1) is 0 Å². The Morgan fingerprint density at radius 1 is 1.12 bits per heavy atom. The normalized spacial score (nSPS) is 25.6. The predicted molar refractivity (Wildman–Crippen MR) is 125 cm³/mol. The number of halogens is 2. The number of urea groups is 1. The summed E-state index contributed by atoms with van der Waals surface area (Å²) in [6.45, 7) is 8.41. The Labute approximate surface area is 199 Å². The lowest BCUT2D eigenvalue weighted by molar-refractivity contribution is -0.136. The SMILES string of the molecule is CC(C1CCOC1)N1CCN[C@@H](C(=O)N2CCN(C(=O)Nc3ccc(Cl)c(Cl)c3)CC2)C1. The first-order chi connectivity index (χ1) is 15.4. The minimum Gasteiger partial charge on any atom is -0.381 e. The summed E-state index contributed by atoms with van der Waals surface area (Å²) in [6, 6.07) is 5.00. The molecule has 8 nitrogen and oxygen atoms in total. The van der Waals surface area contributed by atoms with E-state index in [0.717, 1.165) is 32.7 Å². The number of piperazine rings is 2. The molecule has 0 radical (unpaired) electrons. The lowest BCUT2D eigenvalue weighted by Gasteiger charge is -2.41. The highest BCUT2D eigenvalue weighted by Crippen LogP contribution is 2.25. The van der Waals surface area contributed by atoms with Crippen molar-refractivity contribution in [3.8, 4) is 0 Å². The van der Waals surface area contributed by atoms with Crippen LogP contribution in [0.2, 0.25) is 10.0 Å². The van der Waals surface area contributed by atoms with Gasteiger partial charge in [0, 0.05) is 64.1 Å². The zero-order valence-corrected chi connectivity index (χ0v) is 19.9. The van der Waals surface area contributed by atoms with E-state index in [0.29, 0.717) is 60.4 Å². The lowest BCUT2D eigenvalue weighted by atomic mass is 9.97. The van der Waals surface area contributed by atoms with Crippen LogP contribution in [0.25, 0.3) is 0 Å². The van der Waals surface area contributed by atoms with Gasteiger partial charge in [-0.25, -0.2) is 4.79 Å². The van der Waals surface area contributed by atoms with Gasteiger partial charge in [-0.2, -0.15) is 0 Å². The fraction of sp³-hybridized carbons (Fsp3) is 0.636. The van der Waals surface area contributed by atoms with Gasteiger partial charge in [0.05, 0.1) is 22.7 Å². The molecule has 3 aliphatic heterocycles. The van der Waals surface area contributed by atoms with E-state index in [1.165, 1.54) is 0 Å². The molecular weight excluding hydrogens is 453 g/mol. The fourth-order valence-corrected chi connectivity index (χ4v) is 4.96. The van der Waals surface area contributed by atoms with Crippen LogP contribution in [0.4, 0.5) is 10.5 Å². The molecule has 0 saturated carbocycles. The van der Waals surface area contributed by atoms with E-state index < -0.39 is 0 Å². The molecule has 32 heavy (non-hydrogen) atoms. The first-order valence-corrected chi connectivity index (χ1v) is 12.0. The molecule has 0 aromatic heterocycles. The van der Waals surface area contributed by atoms with Crippen LogP contribution in [0.5, 0.6) is 0 Å². The second kappa shape index (κ2) is 10.6. The van der Waals surface area contributed by atoms with E-state index in [4.69, 9.17) is 27.9 Å². The smallest absolute Gasteiger partial charge is 0.321 e. The molecule has 3 aliphatic rings. The van der Waals surface area contributed by atoms with Crippen molar-refractivity contribution in [2.45, 2.75) is 25.4 Å². The lowest BCUT2D eigenvalue weighted by Crippen LogP contribution is -2.62. The molecule has 3 atom stereocenters. The quantitative estimate of drug-likeness (QED) is 0.687. The Hall–Kier alpha value is -1.58. The summed E-state index contributed by atoms with van der Waals surface area (Å²) in [4.78, 5) is 31.7. The number of anilines is 1. The Bertz CT molecular complexity index is 828. The van der Waals surface area contributed by atoms with Crippen LogP contribution >= 0.6 is 23.2 Å². The van der Waals surface area contributed by atoms with Gasteiger partial charge < -0.3 is 25.2 Å². The maximum Gasteiger partial charge on any atom is 0.321 e. The van der Waals surface area contributed by atoms with Crippen molar-refractivity contribution in [2.75, 3.05) is 64.3 Å². The van der Waals surface area contributed by atoms with Crippen LogP contribution in [0.15, 0.2) is 18.2 Å². The second-order valence-electron chi connectivity index (χ2n) is 8.74. The highest BCUT2D eigenvalue weighted by atomic mass is 35.5. The van der Waals surface area contributed by atoms with Gasteiger partial charge in [0.1, 0.15) is 0 Å². The fourth-order valence-electron chi connectivity index (χ4n) is 4.67. The van der Waals surface area contributed by atoms with E-state index in [9.17, 15) is 9.59 Å². The predicted octanol–water partition coefficient (Wildman–Crippen LogP) is 2.37. The molecule has 176 valence electrons. The molecule has 1 aromatic rings. The summed E-state index contributed by atoms with van der Waals surface area (Å²) < 4.78 is 5.55. The number of benzene rings is 1. The molecule has 0 spiro atoms. The highest BCUT2D eigenvalue weighted by molar-refractivity contribution is 6.42. The molecule has 0 aliphatic carbocycles. The molecule has 0 bridgehead atoms. The number of rotatable bonds is 4. The van der Waals surface area contributed by atoms with E-state index in [1.807, 2.05) is 4.90 Å². The van der Waals surface area contributed by atoms with E-state index in [-0.39, 0.29) is 18.0 Å². The average molecular weight is 484 g/mol. The number of hydrogen-bond acceptors (Lipinski definition) is 5. The van der Waals surface area contributed by atoms with Gasteiger partial charge in [-0.3, -0.25) is 9.69 Å². The van der Waals surface area contributed by atoms with Crippen LogP contribution < -0.4 is 10.6 Å². The van der Waals surface area contributed by atoms with Crippen molar-refractivity contribution in [2.24, 2.45) is 5.92 Å². The number of ether oxygens (including phenoxy) is 1. The zero-order chi connectivity index (χ0) is 22.7. The number of amides is 3. The summed E-state index contributed by atoms with van der Waals surface area (Å²) in [6.07, 6.45) is 1.09. The Morgan fingerprint density at radius 3 is 2.56 bits per heavy atom. The number of nitrogens with zero attached hydrogens (tertiary/aromatic N) is 3. The van der Waals surface area contributed by atoms with Crippen LogP contribution in [0.1, 0.15) is 13.3 Å². The first kappa shape index (κ1) is 23.6. The maximum absolute atomic E-state index is 13.1. The molecule has 2 unspecified atom stereocenters. The minimum atomic E-state index is -0.204. The Kier molecular flexibility index (Phi) is 7.78. The third-order valence-electron chi connectivity index (χ3n) is 6.78.